The van der Waals surface area contributed by atoms with Crippen molar-refractivity contribution in [3.8, 4) is 16.9 Å². The lowest BCUT2D eigenvalue weighted by Gasteiger charge is -2.16. The minimum atomic E-state index is -2.13. The topological polar surface area (TPSA) is 69.5 Å². The predicted octanol–water partition coefficient (Wildman–Crippen LogP) is 3.96. The van der Waals surface area contributed by atoms with Crippen molar-refractivity contribution in [3.05, 3.63) is 77.5 Å². The molecule has 0 N–H and O–H groups in total. The molecular formula is C25H23FN4O3. The van der Waals surface area contributed by atoms with Gasteiger partial charge in [0.25, 0.3) is 5.91 Å². The molecule has 0 spiro atoms. The third-order valence-corrected chi connectivity index (χ3v) is 5.52. The molecule has 2 aromatic heterocycles. The van der Waals surface area contributed by atoms with E-state index in [1.54, 1.807) is 43.1 Å². The molecule has 0 bridgehead atoms. The van der Waals surface area contributed by atoms with Crippen molar-refractivity contribution in [2.75, 3.05) is 20.3 Å². The Labute approximate surface area is 193 Å². The largest absolute Gasteiger partial charge is 0.489 e. The molecule has 4 aromatic rings. The zero-order valence-corrected chi connectivity index (χ0v) is 18.2. The molecule has 0 saturated carbocycles. The van der Waals surface area contributed by atoms with E-state index in [9.17, 15) is 4.79 Å². The van der Waals surface area contributed by atoms with E-state index < -0.39 is 18.2 Å². The molecule has 0 fully saturated rings. The van der Waals surface area contributed by atoms with Crippen LogP contribution in [0.1, 0.15) is 24.4 Å². The van der Waals surface area contributed by atoms with Crippen LogP contribution in [0, 0.1) is 5.82 Å². The maximum atomic E-state index is 15.3. The highest BCUT2D eigenvalue weighted by Gasteiger charge is 2.28. The highest BCUT2D eigenvalue weighted by Crippen LogP contribution is 2.35. The number of methoxy groups -OCH3 is 1. The Kier molecular flexibility index (Phi) is 4.91. The summed E-state index contributed by atoms with van der Waals surface area (Å²) in [5, 5.41) is 5.30. The number of benzene rings is 2. The van der Waals surface area contributed by atoms with Crippen LogP contribution in [0.3, 0.4) is 0 Å². The van der Waals surface area contributed by atoms with Gasteiger partial charge in [-0.25, -0.2) is 4.39 Å². The summed E-state index contributed by atoms with van der Waals surface area (Å²) in [6.45, 7) is -1.52. The molecule has 0 saturated heterocycles. The SMILES string of the molecule is [2H]C1([2H])c2ncccc2C(=O)N1Cc1ccc(-c2ccc(OCCOC)c3nn(C)cc23)cc1F. The number of pyridine rings is 1. The standard InChI is InChI=1S/C25H23FN4O3/c1-29-14-20-18(7-8-23(24(20)28-29)33-11-10-32-2)16-5-6-17(21(26)12-16)13-30-15-22-19(25(30)31)4-3-9-27-22/h3-9,12,14H,10-11,13,15H2,1-2H3/i15D2. The van der Waals surface area contributed by atoms with Gasteiger partial charge >= 0.3 is 0 Å². The van der Waals surface area contributed by atoms with Crippen LogP contribution in [0.5, 0.6) is 5.75 Å². The summed E-state index contributed by atoms with van der Waals surface area (Å²) in [6.07, 6.45) is 3.29. The van der Waals surface area contributed by atoms with Crippen molar-refractivity contribution in [2.24, 2.45) is 7.05 Å². The predicted molar refractivity (Wildman–Crippen MR) is 121 cm³/mol. The zero-order valence-electron chi connectivity index (χ0n) is 20.2. The number of hydrogen-bond acceptors (Lipinski definition) is 5. The number of nitrogens with zero attached hydrogens (tertiary/aromatic N) is 4. The average Bonchev–Trinajstić information content (AvgIpc) is 3.32. The molecule has 1 aliphatic rings. The molecule has 7 nitrogen and oxygen atoms in total. The lowest BCUT2D eigenvalue weighted by Crippen LogP contribution is -2.23. The van der Waals surface area contributed by atoms with E-state index in [0.717, 1.165) is 15.8 Å². The van der Waals surface area contributed by atoms with E-state index in [1.807, 2.05) is 12.3 Å². The van der Waals surface area contributed by atoms with E-state index >= 15 is 4.39 Å². The van der Waals surface area contributed by atoms with Crippen molar-refractivity contribution < 1.29 is 21.4 Å². The number of hydrogen-bond donors (Lipinski definition) is 0. The van der Waals surface area contributed by atoms with Crippen molar-refractivity contribution in [1.29, 1.82) is 0 Å². The van der Waals surface area contributed by atoms with E-state index in [0.29, 0.717) is 30.0 Å². The minimum Gasteiger partial charge on any atom is -0.489 e. The summed E-state index contributed by atoms with van der Waals surface area (Å²) in [5.41, 5.74) is 2.53. The first kappa shape index (κ1) is 18.8. The fraction of sp³-hybridized carbons (Fsp3) is 0.240. The number of ether oxygens (including phenoxy) is 2. The van der Waals surface area contributed by atoms with Gasteiger partial charge in [0.15, 0.2) is 0 Å². The molecule has 33 heavy (non-hydrogen) atoms. The van der Waals surface area contributed by atoms with Crippen LogP contribution in [0.2, 0.25) is 0 Å². The fourth-order valence-corrected chi connectivity index (χ4v) is 3.91. The summed E-state index contributed by atoms with van der Waals surface area (Å²) in [7, 11) is 3.41. The quantitative estimate of drug-likeness (QED) is 0.401. The Morgan fingerprint density at radius 1 is 1.18 bits per heavy atom. The van der Waals surface area contributed by atoms with E-state index in [4.69, 9.17) is 12.2 Å². The first-order valence-corrected chi connectivity index (χ1v) is 10.5. The summed E-state index contributed by atoms with van der Waals surface area (Å²) < 4.78 is 44.5. The van der Waals surface area contributed by atoms with Crippen LogP contribution < -0.4 is 4.74 Å². The average molecular weight is 448 g/mol. The van der Waals surface area contributed by atoms with E-state index in [-0.39, 0.29) is 23.4 Å². The van der Waals surface area contributed by atoms with Crippen molar-refractivity contribution >= 4 is 16.8 Å². The molecule has 8 heteroatoms. The van der Waals surface area contributed by atoms with Crippen LogP contribution in [-0.2, 0) is 24.8 Å². The molecule has 1 amide bonds. The molecule has 0 unspecified atom stereocenters. The van der Waals surface area contributed by atoms with Gasteiger partial charge in [-0.1, -0.05) is 12.1 Å². The van der Waals surface area contributed by atoms with Gasteiger partial charge in [-0.3, -0.25) is 14.5 Å². The molecule has 0 atom stereocenters. The summed E-state index contributed by atoms with van der Waals surface area (Å²) in [5.74, 6) is -0.434. The minimum absolute atomic E-state index is 0.0498. The first-order valence-electron chi connectivity index (χ1n) is 11.5. The number of aryl methyl sites for hydroxylation is 1. The Hall–Kier alpha value is -3.78. The number of halogens is 1. The highest BCUT2D eigenvalue weighted by atomic mass is 19.1. The van der Waals surface area contributed by atoms with E-state index in [2.05, 4.69) is 10.1 Å². The van der Waals surface area contributed by atoms with Crippen LogP contribution >= 0.6 is 0 Å². The van der Waals surface area contributed by atoms with Gasteiger partial charge in [0, 0.05) is 44.0 Å². The van der Waals surface area contributed by atoms with Gasteiger partial charge in [-0.15, -0.1) is 0 Å². The second-order valence-electron chi connectivity index (χ2n) is 7.73. The van der Waals surface area contributed by atoms with Crippen LogP contribution in [0.4, 0.5) is 4.39 Å². The van der Waals surface area contributed by atoms with Crippen molar-refractivity contribution in [3.63, 3.8) is 0 Å². The highest BCUT2D eigenvalue weighted by molar-refractivity contribution is 5.98. The molecule has 1 aliphatic heterocycles. The number of carbonyl (C=O) groups is 1. The zero-order chi connectivity index (χ0) is 24.7. The summed E-state index contributed by atoms with van der Waals surface area (Å²) in [4.78, 5) is 17.8. The Morgan fingerprint density at radius 2 is 2.06 bits per heavy atom. The molecule has 3 heterocycles. The number of aromatic nitrogens is 3. The second-order valence-corrected chi connectivity index (χ2v) is 7.73. The number of fused-ring (bicyclic) bond motifs is 2. The van der Waals surface area contributed by atoms with Crippen LogP contribution in [-0.4, -0.2) is 45.9 Å². The van der Waals surface area contributed by atoms with Gasteiger partial charge in [0.2, 0.25) is 0 Å². The smallest absolute Gasteiger partial charge is 0.256 e. The van der Waals surface area contributed by atoms with Crippen LogP contribution in [0.25, 0.3) is 22.0 Å². The monoisotopic (exact) mass is 448 g/mol. The van der Waals surface area contributed by atoms with Crippen molar-refractivity contribution in [2.45, 2.75) is 13.0 Å². The van der Waals surface area contributed by atoms with Gasteiger partial charge in [-0.05, 0) is 41.5 Å². The third-order valence-electron chi connectivity index (χ3n) is 5.52. The maximum absolute atomic E-state index is 15.3. The first-order chi connectivity index (χ1) is 16.8. The van der Waals surface area contributed by atoms with Gasteiger partial charge < -0.3 is 14.4 Å². The molecule has 168 valence electrons. The third kappa shape index (κ3) is 3.93. The van der Waals surface area contributed by atoms with Crippen molar-refractivity contribution in [1.82, 2.24) is 19.7 Å². The summed E-state index contributed by atoms with van der Waals surface area (Å²) >= 11 is 0. The number of amides is 1. The molecule has 0 aliphatic carbocycles. The lowest BCUT2D eigenvalue weighted by molar-refractivity contribution is 0.0765. The van der Waals surface area contributed by atoms with Gasteiger partial charge in [0.1, 0.15) is 23.7 Å². The molecule has 0 radical (unpaired) electrons. The normalized spacial score (nSPS) is 15.5. The Morgan fingerprint density at radius 3 is 2.85 bits per heavy atom. The molecular weight excluding hydrogens is 423 g/mol. The lowest BCUT2D eigenvalue weighted by atomic mass is 9.99. The number of rotatable bonds is 7. The Balaban J connectivity index is 1.45. The van der Waals surface area contributed by atoms with Gasteiger partial charge in [-0.2, -0.15) is 5.10 Å². The fourth-order valence-electron chi connectivity index (χ4n) is 3.91. The summed E-state index contributed by atoms with van der Waals surface area (Å²) in [6, 6.07) is 11.5. The molecule has 5 rings (SSSR count). The number of carbonyl (C=O) groups excluding carboxylic acids is 1. The van der Waals surface area contributed by atoms with Crippen LogP contribution in [0.15, 0.2) is 54.9 Å². The molecule has 2 aromatic carbocycles. The second kappa shape index (κ2) is 8.63. The maximum Gasteiger partial charge on any atom is 0.256 e. The Bertz CT molecular complexity index is 1440. The van der Waals surface area contributed by atoms with E-state index in [1.165, 1.54) is 18.3 Å². The van der Waals surface area contributed by atoms with Gasteiger partial charge in [0.05, 0.1) is 27.1 Å².